The van der Waals surface area contributed by atoms with Crippen molar-refractivity contribution in [2.45, 2.75) is 25.5 Å². The number of likely N-dealkylation sites (N-methyl/N-ethyl adjacent to an activating group) is 1. The Bertz CT molecular complexity index is 367. The van der Waals surface area contributed by atoms with Gasteiger partial charge in [0.1, 0.15) is 5.25 Å². The van der Waals surface area contributed by atoms with Crippen molar-refractivity contribution in [2.75, 3.05) is 13.1 Å². The number of hydrogen-bond acceptors (Lipinski definition) is 4. The molecule has 6 nitrogen and oxygen atoms in total. The van der Waals surface area contributed by atoms with E-state index in [1.54, 1.807) is 13.8 Å². The van der Waals surface area contributed by atoms with Gasteiger partial charge in [0, 0.05) is 6.54 Å². The van der Waals surface area contributed by atoms with Crippen molar-refractivity contribution >= 4 is 33.1 Å². The molecule has 1 amide bonds. The lowest BCUT2D eigenvalue weighted by molar-refractivity contribution is -0.118. The van der Waals surface area contributed by atoms with E-state index in [0.717, 1.165) is 4.31 Å². The molecule has 16 heavy (non-hydrogen) atoms. The monoisotopic (exact) mass is 267 g/mol. The molecular formula is C8H17N3O3S2. The molecule has 0 aromatic carbocycles. The fraction of sp³-hybridized carbons (Fsp3) is 0.750. The zero-order chi connectivity index (χ0) is 12.9. The summed E-state index contributed by atoms with van der Waals surface area (Å²) in [5, 5.41) is -0.943. The Hall–Kier alpha value is -0.730. The summed E-state index contributed by atoms with van der Waals surface area (Å²) in [7, 11) is -3.69. The number of sulfonamides is 1. The van der Waals surface area contributed by atoms with Gasteiger partial charge in [-0.3, -0.25) is 4.79 Å². The molecule has 0 aliphatic heterocycles. The van der Waals surface area contributed by atoms with Crippen LogP contribution in [0.25, 0.3) is 0 Å². The van der Waals surface area contributed by atoms with Crippen molar-refractivity contribution in [3.63, 3.8) is 0 Å². The summed E-state index contributed by atoms with van der Waals surface area (Å²) in [5.74, 6) is -0.705. The van der Waals surface area contributed by atoms with E-state index in [9.17, 15) is 13.2 Å². The van der Waals surface area contributed by atoms with Crippen LogP contribution in [0.3, 0.4) is 0 Å². The van der Waals surface area contributed by atoms with Crippen LogP contribution in [0.2, 0.25) is 0 Å². The van der Waals surface area contributed by atoms with Crippen molar-refractivity contribution in [3.8, 4) is 0 Å². The van der Waals surface area contributed by atoms with Gasteiger partial charge in [-0.15, -0.1) is 0 Å². The van der Waals surface area contributed by atoms with E-state index >= 15 is 0 Å². The second kappa shape index (κ2) is 6.12. The summed E-state index contributed by atoms with van der Waals surface area (Å²) in [5.41, 5.74) is 10.3. The van der Waals surface area contributed by atoms with E-state index in [2.05, 4.69) is 0 Å². The van der Waals surface area contributed by atoms with E-state index in [1.807, 2.05) is 0 Å². The number of rotatable bonds is 7. The number of carbonyl (C=O) groups is 1. The second-order valence-corrected chi connectivity index (χ2v) is 5.82. The van der Waals surface area contributed by atoms with Gasteiger partial charge in [-0.2, -0.15) is 4.31 Å². The molecule has 1 unspecified atom stereocenters. The first-order valence-corrected chi connectivity index (χ1v) is 6.75. The Morgan fingerprint density at radius 3 is 2.12 bits per heavy atom. The van der Waals surface area contributed by atoms with Gasteiger partial charge < -0.3 is 11.5 Å². The lowest BCUT2D eigenvalue weighted by atomic mass is 10.3. The second-order valence-electron chi connectivity index (χ2n) is 3.24. The largest absolute Gasteiger partial charge is 0.392 e. The van der Waals surface area contributed by atoms with Crippen LogP contribution in [0.4, 0.5) is 0 Å². The molecular weight excluding hydrogens is 250 g/mol. The number of hydrogen-bond donors (Lipinski definition) is 2. The summed E-state index contributed by atoms with van der Waals surface area (Å²) >= 11 is 4.70. The number of primary amides is 1. The molecule has 0 aliphatic carbocycles. The lowest BCUT2D eigenvalue weighted by Gasteiger charge is -2.24. The minimum atomic E-state index is -3.69. The predicted molar refractivity (Wildman–Crippen MR) is 66.2 cm³/mol. The lowest BCUT2D eigenvalue weighted by Crippen LogP contribution is -2.47. The van der Waals surface area contributed by atoms with Crippen LogP contribution in [-0.4, -0.2) is 42.0 Å². The highest BCUT2D eigenvalue weighted by Gasteiger charge is 2.32. The van der Waals surface area contributed by atoms with Crippen LogP contribution in [-0.2, 0) is 14.8 Å². The summed E-state index contributed by atoms with van der Waals surface area (Å²) in [4.78, 5) is 10.7. The zero-order valence-corrected chi connectivity index (χ0v) is 11.0. The normalized spacial score (nSPS) is 13.7. The minimum Gasteiger partial charge on any atom is -0.392 e. The molecule has 0 fully saturated rings. The van der Waals surface area contributed by atoms with Crippen molar-refractivity contribution < 1.29 is 13.2 Å². The molecule has 0 saturated heterocycles. The highest BCUT2D eigenvalue weighted by molar-refractivity contribution is 7.92. The molecule has 0 rings (SSSR count). The maximum Gasteiger partial charge on any atom is 0.232 e. The molecule has 0 aromatic rings. The third-order valence-corrected chi connectivity index (χ3v) is 4.94. The third-order valence-electron chi connectivity index (χ3n) is 2.09. The average molecular weight is 267 g/mol. The first kappa shape index (κ1) is 15.3. The van der Waals surface area contributed by atoms with Gasteiger partial charge in [-0.25, -0.2) is 8.42 Å². The Balaban J connectivity index is 5.12. The molecule has 0 bridgehead atoms. The van der Waals surface area contributed by atoms with Crippen LogP contribution in [0, 0.1) is 0 Å². The van der Waals surface area contributed by atoms with Crippen LogP contribution in [0.15, 0.2) is 0 Å². The van der Waals surface area contributed by atoms with Crippen LogP contribution in [0.5, 0.6) is 0 Å². The Morgan fingerprint density at radius 2 is 1.88 bits per heavy atom. The van der Waals surface area contributed by atoms with Gasteiger partial charge >= 0.3 is 0 Å². The molecule has 8 heteroatoms. The molecule has 0 heterocycles. The van der Waals surface area contributed by atoms with Crippen molar-refractivity contribution in [1.29, 1.82) is 0 Å². The molecule has 0 saturated carbocycles. The van der Waals surface area contributed by atoms with E-state index in [4.69, 9.17) is 23.7 Å². The van der Waals surface area contributed by atoms with E-state index in [1.165, 1.54) is 0 Å². The van der Waals surface area contributed by atoms with E-state index < -0.39 is 21.2 Å². The van der Waals surface area contributed by atoms with Gasteiger partial charge in [-0.05, 0) is 6.42 Å². The van der Waals surface area contributed by atoms with Gasteiger partial charge in [-0.1, -0.05) is 26.1 Å². The van der Waals surface area contributed by atoms with Crippen LogP contribution < -0.4 is 11.5 Å². The van der Waals surface area contributed by atoms with Gasteiger partial charge in [0.25, 0.3) is 0 Å². The zero-order valence-electron chi connectivity index (χ0n) is 9.34. The molecule has 0 radical (unpaired) electrons. The van der Waals surface area contributed by atoms with Crippen LogP contribution >= 0.6 is 12.2 Å². The topological polar surface area (TPSA) is 106 Å². The fourth-order valence-electron chi connectivity index (χ4n) is 1.29. The fourth-order valence-corrected chi connectivity index (χ4v) is 3.57. The molecule has 94 valence electrons. The third kappa shape index (κ3) is 3.69. The Kier molecular flexibility index (Phi) is 5.84. The number of amides is 1. The quantitative estimate of drug-likeness (QED) is 0.587. The average Bonchev–Trinajstić information content (AvgIpc) is 2.13. The molecule has 4 N–H and O–H groups in total. The molecule has 0 spiro atoms. The smallest absolute Gasteiger partial charge is 0.232 e. The van der Waals surface area contributed by atoms with E-state index in [0.29, 0.717) is 0 Å². The van der Waals surface area contributed by atoms with Crippen molar-refractivity contribution in [2.24, 2.45) is 11.5 Å². The number of nitrogens with zero attached hydrogens (tertiary/aromatic N) is 1. The summed E-state index contributed by atoms with van der Waals surface area (Å²) in [6.07, 6.45) is 0.271. The molecule has 1 atom stereocenters. The summed E-state index contributed by atoms with van der Waals surface area (Å²) in [6, 6.07) is 0. The Morgan fingerprint density at radius 1 is 1.38 bits per heavy atom. The number of nitrogens with two attached hydrogens (primary N) is 2. The Labute approximate surface area is 101 Å². The van der Waals surface area contributed by atoms with Gasteiger partial charge in [0.2, 0.25) is 15.9 Å². The highest BCUT2D eigenvalue weighted by Crippen LogP contribution is 2.12. The predicted octanol–water partition coefficient (Wildman–Crippen LogP) is -0.812. The number of thiocarbonyl (C=S) groups is 1. The number of carbonyl (C=O) groups excluding carboxylic acids is 1. The molecule has 0 aliphatic rings. The van der Waals surface area contributed by atoms with Gasteiger partial charge in [0.05, 0.1) is 11.5 Å². The minimum absolute atomic E-state index is 0.0922. The summed E-state index contributed by atoms with van der Waals surface area (Å²) in [6.45, 7) is 3.09. The maximum atomic E-state index is 12.0. The maximum absolute atomic E-state index is 12.0. The van der Waals surface area contributed by atoms with Crippen molar-refractivity contribution in [1.82, 2.24) is 4.31 Å². The first-order valence-electron chi connectivity index (χ1n) is 4.83. The summed E-state index contributed by atoms with van der Waals surface area (Å²) < 4.78 is 25.0. The van der Waals surface area contributed by atoms with Crippen LogP contribution in [0.1, 0.15) is 20.3 Å². The van der Waals surface area contributed by atoms with Gasteiger partial charge in [0.15, 0.2) is 0 Å². The van der Waals surface area contributed by atoms with E-state index in [-0.39, 0.29) is 24.5 Å². The first-order chi connectivity index (χ1) is 7.27. The van der Waals surface area contributed by atoms with Crippen molar-refractivity contribution in [3.05, 3.63) is 0 Å². The highest BCUT2D eigenvalue weighted by atomic mass is 32.2. The standard InChI is InChI=1S/C8H17N3O3S2/c1-3-6(8(10)15)16(13,14)11(4-2)5-7(9)12/h6H,3-5H2,1-2H3,(H2,9,12)(H2,10,15). The SMILES string of the molecule is CCC(C(N)=S)S(=O)(=O)N(CC)CC(N)=O. The molecule has 0 aromatic heterocycles.